The lowest BCUT2D eigenvalue weighted by Gasteiger charge is -2.13. The van der Waals surface area contributed by atoms with Gasteiger partial charge in [-0.05, 0) is 61.0 Å². The number of esters is 1. The van der Waals surface area contributed by atoms with Crippen molar-refractivity contribution in [1.29, 1.82) is 5.26 Å². The zero-order valence-electron chi connectivity index (χ0n) is 18.4. The highest BCUT2D eigenvalue weighted by Crippen LogP contribution is 2.35. The van der Waals surface area contributed by atoms with Crippen molar-refractivity contribution in [3.63, 3.8) is 0 Å². The number of benzene rings is 2. The van der Waals surface area contributed by atoms with E-state index in [9.17, 15) is 19.6 Å². The third-order valence-electron chi connectivity index (χ3n) is 4.54. The van der Waals surface area contributed by atoms with Gasteiger partial charge in [0.1, 0.15) is 0 Å². The van der Waals surface area contributed by atoms with Crippen LogP contribution in [0.2, 0.25) is 0 Å². The third-order valence-corrected chi connectivity index (χ3v) is 5.45. The first-order valence-electron chi connectivity index (χ1n) is 10.1. The number of amides is 2. The van der Waals surface area contributed by atoms with Crippen LogP contribution in [-0.2, 0) is 20.9 Å². The maximum Gasteiger partial charge on any atom is 0.344 e. The molecule has 33 heavy (non-hydrogen) atoms. The van der Waals surface area contributed by atoms with Crippen LogP contribution in [0.25, 0.3) is 6.08 Å². The molecule has 0 saturated carbocycles. The second-order valence-electron chi connectivity index (χ2n) is 7.27. The monoisotopic (exact) mass is 466 g/mol. The molecular formula is C24H22N2O6S. The van der Waals surface area contributed by atoms with Gasteiger partial charge in [-0.3, -0.25) is 14.5 Å². The van der Waals surface area contributed by atoms with E-state index in [-0.39, 0.29) is 24.2 Å². The number of nitrogens with zero attached hydrogens (tertiary/aromatic N) is 2. The zero-order chi connectivity index (χ0) is 24.0. The highest BCUT2D eigenvalue weighted by Gasteiger charge is 2.35. The van der Waals surface area contributed by atoms with E-state index < -0.39 is 17.1 Å². The van der Waals surface area contributed by atoms with E-state index in [4.69, 9.17) is 14.2 Å². The highest BCUT2D eigenvalue weighted by atomic mass is 32.2. The Hall–Kier alpha value is -3.77. The molecule has 2 amide bonds. The minimum absolute atomic E-state index is 0.0221. The number of hydrogen-bond donors (Lipinski definition) is 0. The predicted molar refractivity (Wildman–Crippen MR) is 122 cm³/mol. The fraction of sp³-hybridized carbons (Fsp3) is 0.250. The van der Waals surface area contributed by atoms with Crippen LogP contribution in [0.15, 0.2) is 47.4 Å². The van der Waals surface area contributed by atoms with Crippen LogP contribution in [0, 0.1) is 11.3 Å². The fourth-order valence-electron chi connectivity index (χ4n) is 3.05. The highest BCUT2D eigenvalue weighted by molar-refractivity contribution is 8.18. The van der Waals surface area contributed by atoms with Gasteiger partial charge in [0.2, 0.25) is 0 Å². The Morgan fingerprint density at radius 2 is 1.94 bits per heavy atom. The van der Waals surface area contributed by atoms with Crippen molar-refractivity contribution in [2.45, 2.75) is 26.5 Å². The Morgan fingerprint density at radius 3 is 2.64 bits per heavy atom. The lowest BCUT2D eigenvalue weighted by molar-refractivity contribution is -0.149. The summed E-state index contributed by atoms with van der Waals surface area (Å²) in [5, 5.41) is 8.84. The van der Waals surface area contributed by atoms with Gasteiger partial charge >= 0.3 is 5.97 Å². The number of imide groups is 1. The van der Waals surface area contributed by atoms with Gasteiger partial charge in [-0.2, -0.15) is 5.26 Å². The fourth-order valence-corrected chi connectivity index (χ4v) is 3.89. The van der Waals surface area contributed by atoms with Crippen LogP contribution in [0.5, 0.6) is 11.5 Å². The lowest BCUT2D eigenvalue weighted by Crippen LogP contribution is -2.27. The van der Waals surface area contributed by atoms with E-state index >= 15 is 0 Å². The molecule has 0 radical (unpaired) electrons. The molecule has 0 aromatic heterocycles. The molecule has 0 unspecified atom stereocenters. The number of methoxy groups -OCH3 is 1. The summed E-state index contributed by atoms with van der Waals surface area (Å²) in [6, 6.07) is 13.8. The molecule has 8 nitrogen and oxygen atoms in total. The largest absolute Gasteiger partial charge is 0.493 e. The van der Waals surface area contributed by atoms with Gasteiger partial charge in [0.15, 0.2) is 18.1 Å². The summed E-state index contributed by atoms with van der Waals surface area (Å²) in [6.07, 6.45) is 1.34. The van der Waals surface area contributed by atoms with Crippen molar-refractivity contribution >= 4 is 35.0 Å². The molecule has 1 saturated heterocycles. The van der Waals surface area contributed by atoms with E-state index in [2.05, 4.69) is 6.07 Å². The second-order valence-corrected chi connectivity index (χ2v) is 8.27. The molecule has 0 N–H and O–H groups in total. The maximum atomic E-state index is 12.8. The van der Waals surface area contributed by atoms with Gasteiger partial charge in [-0.15, -0.1) is 0 Å². The molecule has 1 aliphatic heterocycles. The van der Waals surface area contributed by atoms with E-state index in [1.807, 2.05) is 0 Å². The number of ether oxygens (including phenoxy) is 3. The van der Waals surface area contributed by atoms with Crippen molar-refractivity contribution in [2.24, 2.45) is 0 Å². The topological polar surface area (TPSA) is 106 Å². The van der Waals surface area contributed by atoms with E-state index in [1.165, 1.54) is 7.11 Å². The third kappa shape index (κ3) is 5.93. The summed E-state index contributed by atoms with van der Waals surface area (Å²) in [4.78, 5) is 38.4. The van der Waals surface area contributed by atoms with Gasteiger partial charge in [-0.25, -0.2) is 4.79 Å². The number of thioether (sulfide) groups is 1. The predicted octanol–water partition coefficient (Wildman–Crippen LogP) is 4.13. The van der Waals surface area contributed by atoms with Crippen LogP contribution in [0.4, 0.5) is 4.79 Å². The molecule has 9 heteroatoms. The Balaban J connectivity index is 1.75. The molecule has 0 aliphatic carbocycles. The normalized spacial score (nSPS) is 14.5. The van der Waals surface area contributed by atoms with Gasteiger partial charge in [0.25, 0.3) is 11.1 Å². The van der Waals surface area contributed by atoms with Crippen LogP contribution in [0.3, 0.4) is 0 Å². The molecular weight excluding hydrogens is 444 g/mol. The van der Waals surface area contributed by atoms with E-state index in [0.29, 0.717) is 28.2 Å². The number of rotatable bonds is 8. The smallest absolute Gasteiger partial charge is 0.344 e. The number of hydrogen-bond acceptors (Lipinski definition) is 8. The standard InChI is InChI=1S/C24H22N2O6S/c1-15(2)32-22(27)14-31-19-9-8-16(10-20(19)30-3)11-21-23(28)26(24(29)33-21)13-18-7-5-4-6-17(18)12-25/h4-11,15H,13-14H2,1-3H3/b21-11-. The molecule has 0 spiro atoms. The SMILES string of the molecule is COc1cc(/C=C2\SC(=O)N(Cc3ccccc3C#N)C2=O)ccc1OCC(=O)OC(C)C. The van der Waals surface area contributed by atoms with Crippen molar-refractivity contribution in [3.8, 4) is 17.6 Å². The molecule has 170 valence electrons. The van der Waals surface area contributed by atoms with Gasteiger partial charge in [-0.1, -0.05) is 24.3 Å². The molecule has 0 atom stereocenters. The Morgan fingerprint density at radius 1 is 1.18 bits per heavy atom. The average Bonchev–Trinajstić information content (AvgIpc) is 3.05. The van der Waals surface area contributed by atoms with Gasteiger partial charge in [0.05, 0.1) is 36.3 Å². The van der Waals surface area contributed by atoms with Crippen molar-refractivity contribution in [1.82, 2.24) is 4.90 Å². The van der Waals surface area contributed by atoms with Gasteiger partial charge < -0.3 is 14.2 Å². The molecule has 1 aliphatic rings. The maximum absolute atomic E-state index is 12.8. The summed E-state index contributed by atoms with van der Waals surface area (Å²) in [5.41, 5.74) is 1.63. The Labute approximate surface area is 195 Å². The van der Waals surface area contributed by atoms with Crippen LogP contribution < -0.4 is 9.47 Å². The summed E-state index contributed by atoms with van der Waals surface area (Å²) in [7, 11) is 1.46. The minimum atomic E-state index is -0.497. The summed E-state index contributed by atoms with van der Waals surface area (Å²) in [5.74, 6) is -0.226. The van der Waals surface area contributed by atoms with Crippen LogP contribution >= 0.6 is 11.8 Å². The van der Waals surface area contributed by atoms with Crippen molar-refractivity contribution in [2.75, 3.05) is 13.7 Å². The lowest BCUT2D eigenvalue weighted by atomic mass is 10.1. The molecule has 3 rings (SSSR count). The van der Waals surface area contributed by atoms with Crippen LogP contribution in [-0.4, -0.2) is 41.8 Å². The van der Waals surface area contributed by atoms with Gasteiger partial charge in [0, 0.05) is 0 Å². The number of carbonyl (C=O) groups is 3. The average molecular weight is 467 g/mol. The number of carbonyl (C=O) groups excluding carboxylic acids is 3. The zero-order valence-corrected chi connectivity index (χ0v) is 19.2. The summed E-state index contributed by atoms with van der Waals surface area (Å²) in [6.45, 7) is 3.25. The quantitative estimate of drug-likeness (QED) is 0.422. The molecule has 0 bridgehead atoms. The Kier molecular flexibility index (Phi) is 7.74. The Bertz CT molecular complexity index is 1150. The number of nitriles is 1. The first-order valence-corrected chi connectivity index (χ1v) is 10.9. The first kappa shape index (κ1) is 23.9. The van der Waals surface area contributed by atoms with Crippen LogP contribution in [0.1, 0.15) is 30.5 Å². The summed E-state index contributed by atoms with van der Waals surface area (Å²) < 4.78 is 15.8. The molecule has 1 fully saturated rings. The molecule has 2 aromatic rings. The van der Waals surface area contributed by atoms with E-state index in [1.54, 1.807) is 62.4 Å². The van der Waals surface area contributed by atoms with Crippen molar-refractivity contribution in [3.05, 3.63) is 64.1 Å². The first-order chi connectivity index (χ1) is 15.8. The van der Waals surface area contributed by atoms with E-state index in [0.717, 1.165) is 16.7 Å². The molecule has 1 heterocycles. The van der Waals surface area contributed by atoms with Crippen molar-refractivity contribution < 1.29 is 28.6 Å². The summed E-state index contributed by atoms with van der Waals surface area (Å²) >= 11 is 0.829. The minimum Gasteiger partial charge on any atom is -0.493 e. The second kappa shape index (κ2) is 10.7. The molecule has 2 aromatic carbocycles.